The number of hydrogen-bond acceptors (Lipinski definition) is 1. The van der Waals surface area contributed by atoms with Crippen molar-refractivity contribution in [2.45, 2.75) is 6.18 Å². The number of halogens is 3. The van der Waals surface area contributed by atoms with Crippen LogP contribution in [0.1, 0.15) is 22.3 Å². The zero-order valence-electron chi connectivity index (χ0n) is 17.5. The quantitative estimate of drug-likeness (QED) is 0.202. The van der Waals surface area contributed by atoms with Crippen LogP contribution in [0.2, 0.25) is 0 Å². The highest BCUT2D eigenvalue weighted by atomic mass is 19.4. The van der Waals surface area contributed by atoms with Crippen molar-refractivity contribution in [3.05, 3.63) is 131 Å². The van der Waals surface area contributed by atoms with Crippen LogP contribution in [0.15, 0.2) is 114 Å². The maximum atomic E-state index is 12.8. The molecule has 33 heavy (non-hydrogen) atoms. The number of rotatable bonds is 3. The summed E-state index contributed by atoms with van der Waals surface area (Å²) in [7, 11) is 0. The van der Waals surface area contributed by atoms with Gasteiger partial charge in [0, 0.05) is 16.8 Å². The van der Waals surface area contributed by atoms with Crippen LogP contribution >= 0.6 is 0 Å². The third-order valence-corrected chi connectivity index (χ3v) is 4.77. The topological polar surface area (TPSA) is 24.4 Å². The van der Waals surface area contributed by atoms with Crippen molar-refractivity contribution >= 4 is 17.2 Å². The van der Waals surface area contributed by atoms with Crippen LogP contribution in [-0.2, 0) is 6.18 Å². The lowest BCUT2D eigenvalue weighted by Crippen LogP contribution is -2.13. The Morgan fingerprint density at radius 2 is 1.27 bits per heavy atom. The Hall–Kier alpha value is -4.30. The smallest absolute Gasteiger partial charge is 0.340 e. The van der Waals surface area contributed by atoms with Crippen molar-refractivity contribution in [1.82, 2.24) is 0 Å². The average molecular weight is 440 g/mol. The van der Waals surface area contributed by atoms with Crippen molar-refractivity contribution in [3.8, 4) is 11.8 Å². The molecule has 0 aliphatic heterocycles. The van der Waals surface area contributed by atoms with E-state index in [9.17, 15) is 13.2 Å². The summed E-state index contributed by atoms with van der Waals surface area (Å²) in [6.45, 7) is 0. The van der Waals surface area contributed by atoms with Crippen molar-refractivity contribution < 1.29 is 13.2 Å². The van der Waals surface area contributed by atoms with E-state index >= 15 is 0 Å². The van der Waals surface area contributed by atoms with Gasteiger partial charge in [0.15, 0.2) is 0 Å². The van der Waals surface area contributed by atoms with Gasteiger partial charge in [0.1, 0.15) is 5.84 Å². The summed E-state index contributed by atoms with van der Waals surface area (Å²) < 4.78 is 38.4. The van der Waals surface area contributed by atoms with Crippen LogP contribution in [0.25, 0.3) is 0 Å². The molecule has 2 nitrogen and oxygen atoms in total. The van der Waals surface area contributed by atoms with Gasteiger partial charge in [-0.05, 0) is 48.5 Å². The molecule has 0 saturated heterocycles. The predicted octanol–water partition coefficient (Wildman–Crippen LogP) is 7.30. The van der Waals surface area contributed by atoms with Crippen LogP contribution in [0.3, 0.4) is 0 Å². The van der Waals surface area contributed by atoms with Crippen LogP contribution < -0.4 is 5.32 Å². The van der Waals surface area contributed by atoms with Crippen molar-refractivity contribution in [2.75, 3.05) is 5.32 Å². The molecule has 0 saturated carbocycles. The fraction of sp³-hybridized carbons (Fsp3) is 0.0357. The number of alkyl halides is 3. The second kappa shape index (κ2) is 9.88. The van der Waals surface area contributed by atoms with E-state index in [0.717, 1.165) is 23.4 Å². The van der Waals surface area contributed by atoms with Crippen molar-refractivity contribution in [3.63, 3.8) is 0 Å². The molecule has 0 spiro atoms. The van der Waals surface area contributed by atoms with Crippen LogP contribution in [0.5, 0.6) is 0 Å². The lowest BCUT2D eigenvalue weighted by molar-refractivity contribution is -0.137. The lowest BCUT2D eigenvalue weighted by Gasteiger charge is -2.11. The fourth-order valence-electron chi connectivity index (χ4n) is 3.10. The summed E-state index contributed by atoms with van der Waals surface area (Å²) in [5.41, 5.74) is 2.92. The maximum absolute atomic E-state index is 12.8. The van der Waals surface area contributed by atoms with E-state index < -0.39 is 11.7 Å². The molecule has 0 aromatic heterocycles. The van der Waals surface area contributed by atoms with Gasteiger partial charge in [-0.3, -0.25) is 0 Å². The number of anilines is 1. The minimum atomic E-state index is -4.37. The van der Waals surface area contributed by atoms with Gasteiger partial charge < -0.3 is 5.32 Å². The van der Waals surface area contributed by atoms with E-state index in [4.69, 9.17) is 4.99 Å². The Kier molecular flexibility index (Phi) is 6.56. The van der Waals surface area contributed by atoms with Gasteiger partial charge in [0.2, 0.25) is 0 Å². The standard InChI is InChI=1S/C28H19F3N2/c29-28(30,31)24-19-16-21(17-20-24)15-18-22-9-7-8-14-26(22)33-27(23-10-3-1-4-11-23)32-25-12-5-2-6-13-25/h1-14,16-17,19-20H,(H,32,33). The Bertz CT molecular complexity index is 1300. The summed E-state index contributed by atoms with van der Waals surface area (Å²) in [6.07, 6.45) is -4.37. The largest absolute Gasteiger partial charge is 0.416 e. The molecule has 0 radical (unpaired) electrons. The number of para-hydroxylation sites is 2. The van der Waals surface area contributed by atoms with Crippen molar-refractivity contribution in [1.29, 1.82) is 0 Å². The average Bonchev–Trinajstić information content (AvgIpc) is 2.84. The number of benzene rings is 4. The van der Waals surface area contributed by atoms with Crippen LogP contribution in [-0.4, -0.2) is 5.84 Å². The Morgan fingerprint density at radius 3 is 1.94 bits per heavy atom. The molecule has 0 heterocycles. The molecule has 162 valence electrons. The summed E-state index contributed by atoms with van der Waals surface area (Å²) in [4.78, 5) is 4.84. The van der Waals surface area contributed by atoms with E-state index in [2.05, 4.69) is 17.2 Å². The second-order valence-corrected chi connectivity index (χ2v) is 7.16. The molecule has 4 rings (SSSR count). The van der Waals surface area contributed by atoms with Crippen molar-refractivity contribution in [2.24, 2.45) is 4.99 Å². The molecule has 0 bridgehead atoms. The molecule has 0 atom stereocenters. The molecular formula is C28H19F3N2. The summed E-state index contributed by atoms with van der Waals surface area (Å²) in [5, 5.41) is 3.36. The molecule has 0 amide bonds. The molecule has 4 aromatic carbocycles. The Balaban J connectivity index is 1.69. The van der Waals surface area contributed by atoms with E-state index in [0.29, 0.717) is 22.6 Å². The number of aliphatic imine (C=N–C) groups is 1. The predicted molar refractivity (Wildman–Crippen MR) is 127 cm³/mol. The lowest BCUT2D eigenvalue weighted by atomic mass is 10.1. The SMILES string of the molecule is FC(F)(F)c1ccc(C#Cc2ccccc2N=C(Nc2ccccc2)c2ccccc2)cc1. The molecule has 1 N–H and O–H groups in total. The monoisotopic (exact) mass is 440 g/mol. The highest BCUT2D eigenvalue weighted by Crippen LogP contribution is 2.29. The first-order chi connectivity index (χ1) is 16.0. The number of hydrogen-bond donors (Lipinski definition) is 1. The second-order valence-electron chi connectivity index (χ2n) is 7.16. The molecule has 4 aromatic rings. The fourth-order valence-corrected chi connectivity index (χ4v) is 3.10. The van der Waals surface area contributed by atoms with Gasteiger partial charge in [-0.25, -0.2) is 4.99 Å². The van der Waals surface area contributed by atoms with Gasteiger partial charge in [0.25, 0.3) is 0 Å². The van der Waals surface area contributed by atoms with Gasteiger partial charge >= 0.3 is 6.18 Å². The molecule has 0 aliphatic carbocycles. The maximum Gasteiger partial charge on any atom is 0.416 e. The molecule has 0 unspecified atom stereocenters. The van der Waals surface area contributed by atoms with E-state index in [1.54, 1.807) is 0 Å². The Labute approximate surface area is 190 Å². The van der Waals surface area contributed by atoms with Crippen LogP contribution in [0.4, 0.5) is 24.5 Å². The third kappa shape index (κ3) is 5.90. The molecule has 0 aliphatic rings. The van der Waals surface area contributed by atoms with Gasteiger partial charge in [-0.1, -0.05) is 72.5 Å². The zero-order valence-corrected chi connectivity index (χ0v) is 17.5. The number of nitrogens with zero attached hydrogens (tertiary/aromatic N) is 1. The molecular weight excluding hydrogens is 421 g/mol. The minimum absolute atomic E-state index is 0.493. The summed E-state index contributed by atoms with van der Waals surface area (Å²) >= 11 is 0. The van der Waals surface area contributed by atoms with Gasteiger partial charge in [-0.15, -0.1) is 0 Å². The summed E-state index contributed by atoms with van der Waals surface area (Å²) in [6, 6.07) is 31.7. The minimum Gasteiger partial charge on any atom is -0.340 e. The van der Waals surface area contributed by atoms with Gasteiger partial charge in [-0.2, -0.15) is 13.2 Å². The normalized spacial score (nSPS) is 11.4. The Morgan fingerprint density at radius 1 is 0.667 bits per heavy atom. The van der Waals surface area contributed by atoms with E-state index in [1.807, 2.05) is 84.9 Å². The highest BCUT2D eigenvalue weighted by Gasteiger charge is 2.29. The van der Waals surface area contributed by atoms with Crippen LogP contribution in [0, 0.1) is 11.8 Å². The van der Waals surface area contributed by atoms with E-state index in [1.165, 1.54) is 12.1 Å². The molecule has 0 fully saturated rings. The highest BCUT2D eigenvalue weighted by molar-refractivity contribution is 6.09. The number of amidine groups is 1. The summed E-state index contributed by atoms with van der Waals surface area (Å²) in [5.74, 6) is 6.64. The third-order valence-electron chi connectivity index (χ3n) is 4.77. The first-order valence-corrected chi connectivity index (χ1v) is 10.2. The van der Waals surface area contributed by atoms with Gasteiger partial charge in [0.05, 0.1) is 16.8 Å². The zero-order chi connectivity index (χ0) is 23.1. The molecule has 5 heteroatoms. The number of nitrogens with one attached hydrogen (secondary N) is 1. The van der Waals surface area contributed by atoms with E-state index in [-0.39, 0.29) is 0 Å². The first kappa shape index (κ1) is 21.9. The first-order valence-electron chi connectivity index (χ1n) is 10.2.